The molecular formula is C22H17BrCl2N2O2. The van der Waals surface area contributed by atoms with Crippen molar-refractivity contribution in [2.75, 3.05) is 9.80 Å². The molecule has 3 aromatic rings. The lowest BCUT2D eigenvalue weighted by Gasteiger charge is -2.35. The standard InChI is InChI=1S/C22H17BrCl2N2O2/c1-14-22(29,15-3-2-4-16(23)13-15)27(20-11-7-18(25)8-12-20)21(28)26(14)19-9-5-17(24)6-10-19/h2-14,29H,1H3/t14-,22?/m0/s1. The fourth-order valence-corrected chi connectivity index (χ4v) is 4.36. The molecule has 0 aromatic heterocycles. The molecule has 3 aromatic carbocycles. The summed E-state index contributed by atoms with van der Waals surface area (Å²) in [6.45, 7) is 1.82. The van der Waals surface area contributed by atoms with Gasteiger partial charge in [-0.25, -0.2) is 4.79 Å². The average Bonchev–Trinajstić information content (AvgIpc) is 2.90. The van der Waals surface area contributed by atoms with E-state index in [4.69, 9.17) is 23.2 Å². The Labute approximate surface area is 187 Å². The number of urea groups is 1. The van der Waals surface area contributed by atoms with E-state index in [-0.39, 0.29) is 6.03 Å². The second kappa shape index (κ2) is 7.65. The maximum absolute atomic E-state index is 13.6. The molecule has 1 fully saturated rings. The van der Waals surface area contributed by atoms with Gasteiger partial charge < -0.3 is 5.11 Å². The van der Waals surface area contributed by atoms with E-state index < -0.39 is 11.8 Å². The molecule has 7 heteroatoms. The predicted molar refractivity (Wildman–Crippen MR) is 121 cm³/mol. The lowest BCUT2D eigenvalue weighted by atomic mass is 9.94. The fourth-order valence-electron chi connectivity index (χ4n) is 3.71. The van der Waals surface area contributed by atoms with Gasteiger partial charge in [0.15, 0.2) is 5.72 Å². The van der Waals surface area contributed by atoms with E-state index in [0.29, 0.717) is 27.0 Å². The van der Waals surface area contributed by atoms with E-state index in [0.717, 1.165) is 4.47 Å². The van der Waals surface area contributed by atoms with Crippen LogP contribution in [-0.2, 0) is 5.72 Å². The SMILES string of the molecule is C[C@@H]1N(c2ccc(Cl)cc2)C(=O)N(c2ccc(Cl)cc2)C1(O)c1cccc(Br)c1. The maximum Gasteiger partial charge on any atom is 0.332 e. The highest BCUT2D eigenvalue weighted by Crippen LogP contribution is 2.45. The van der Waals surface area contributed by atoms with Crippen molar-refractivity contribution in [3.8, 4) is 0 Å². The minimum Gasteiger partial charge on any atom is -0.365 e. The summed E-state index contributed by atoms with van der Waals surface area (Å²) in [7, 11) is 0. The molecule has 1 saturated heterocycles. The summed E-state index contributed by atoms with van der Waals surface area (Å²) < 4.78 is 0.809. The summed E-state index contributed by atoms with van der Waals surface area (Å²) in [6.07, 6.45) is 0. The molecule has 4 rings (SSSR count). The van der Waals surface area contributed by atoms with Crippen LogP contribution < -0.4 is 9.80 Å². The van der Waals surface area contributed by atoms with Gasteiger partial charge in [0.1, 0.15) is 0 Å². The second-order valence-electron chi connectivity index (χ2n) is 6.85. The van der Waals surface area contributed by atoms with E-state index in [1.165, 1.54) is 4.90 Å². The normalized spacial score (nSPS) is 21.7. The lowest BCUT2D eigenvalue weighted by molar-refractivity contribution is 0.0371. The van der Waals surface area contributed by atoms with Gasteiger partial charge in [-0.05, 0) is 67.6 Å². The third kappa shape index (κ3) is 3.42. The molecule has 1 aliphatic heterocycles. The van der Waals surface area contributed by atoms with Crippen molar-refractivity contribution >= 4 is 56.5 Å². The number of carbonyl (C=O) groups is 1. The van der Waals surface area contributed by atoms with Gasteiger partial charge in [-0.3, -0.25) is 9.80 Å². The van der Waals surface area contributed by atoms with Crippen LogP contribution in [0.2, 0.25) is 10.0 Å². The van der Waals surface area contributed by atoms with Crippen molar-refractivity contribution in [3.05, 3.63) is 92.9 Å². The Balaban J connectivity index is 1.90. The first kappa shape index (κ1) is 20.2. The molecule has 4 nitrogen and oxygen atoms in total. The third-order valence-electron chi connectivity index (χ3n) is 5.15. The number of hydrogen-bond acceptors (Lipinski definition) is 2. The van der Waals surface area contributed by atoms with E-state index in [1.807, 2.05) is 31.2 Å². The summed E-state index contributed by atoms with van der Waals surface area (Å²) in [4.78, 5) is 16.6. The van der Waals surface area contributed by atoms with Crippen LogP contribution in [-0.4, -0.2) is 17.2 Å². The van der Waals surface area contributed by atoms with Gasteiger partial charge in [-0.15, -0.1) is 0 Å². The number of hydrogen-bond donors (Lipinski definition) is 1. The summed E-state index contributed by atoms with van der Waals surface area (Å²) in [5.41, 5.74) is 0.190. The Morgan fingerprint density at radius 1 is 0.931 bits per heavy atom. The molecule has 1 heterocycles. The number of benzene rings is 3. The highest BCUT2D eigenvalue weighted by atomic mass is 79.9. The van der Waals surface area contributed by atoms with Crippen molar-refractivity contribution in [1.82, 2.24) is 0 Å². The van der Waals surface area contributed by atoms with Gasteiger partial charge >= 0.3 is 6.03 Å². The number of amides is 2. The van der Waals surface area contributed by atoms with Crippen molar-refractivity contribution in [1.29, 1.82) is 0 Å². The van der Waals surface area contributed by atoms with Crippen LogP contribution in [0.5, 0.6) is 0 Å². The first-order chi connectivity index (χ1) is 13.8. The largest absolute Gasteiger partial charge is 0.365 e. The number of rotatable bonds is 3. The van der Waals surface area contributed by atoms with Crippen molar-refractivity contribution in [3.63, 3.8) is 0 Å². The smallest absolute Gasteiger partial charge is 0.332 e. The molecule has 2 atom stereocenters. The molecule has 1 N–H and O–H groups in total. The van der Waals surface area contributed by atoms with E-state index in [9.17, 15) is 9.90 Å². The molecule has 1 unspecified atom stereocenters. The Morgan fingerprint density at radius 2 is 1.48 bits per heavy atom. The number of nitrogens with zero attached hydrogens (tertiary/aromatic N) is 2. The summed E-state index contributed by atoms with van der Waals surface area (Å²) >= 11 is 15.5. The number of anilines is 2. The summed E-state index contributed by atoms with van der Waals surface area (Å²) in [5, 5.41) is 13.1. The first-order valence-electron chi connectivity index (χ1n) is 8.95. The number of halogens is 3. The van der Waals surface area contributed by atoms with Crippen LogP contribution in [0.15, 0.2) is 77.3 Å². The molecule has 29 heavy (non-hydrogen) atoms. The monoisotopic (exact) mass is 490 g/mol. The van der Waals surface area contributed by atoms with Gasteiger partial charge in [0.2, 0.25) is 0 Å². The van der Waals surface area contributed by atoms with Crippen LogP contribution in [0.25, 0.3) is 0 Å². The van der Waals surface area contributed by atoms with Crippen molar-refractivity contribution in [2.45, 2.75) is 18.7 Å². The van der Waals surface area contributed by atoms with Crippen LogP contribution in [0.4, 0.5) is 16.2 Å². The summed E-state index contributed by atoms with van der Waals surface area (Å²) in [6, 6.07) is 20.2. The third-order valence-corrected chi connectivity index (χ3v) is 6.14. The van der Waals surface area contributed by atoms with Gasteiger partial charge in [0.05, 0.1) is 6.04 Å². The van der Waals surface area contributed by atoms with Crippen LogP contribution in [0, 0.1) is 0 Å². The molecule has 0 saturated carbocycles. The van der Waals surface area contributed by atoms with Crippen LogP contribution >= 0.6 is 39.1 Å². The summed E-state index contributed by atoms with van der Waals surface area (Å²) in [5.74, 6) is 0. The van der Waals surface area contributed by atoms with Gasteiger partial charge in [-0.2, -0.15) is 0 Å². The van der Waals surface area contributed by atoms with E-state index in [2.05, 4.69) is 15.9 Å². The zero-order valence-electron chi connectivity index (χ0n) is 15.4. The minimum absolute atomic E-state index is 0.343. The van der Waals surface area contributed by atoms with Gasteiger partial charge in [-0.1, -0.05) is 51.3 Å². The van der Waals surface area contributed by atoms with Crippen LogP contribution in [0.1, 0.15) is 12.5 Å². The Hall–Kier alpha value is -2.05. The topological polar surface area (TPSA) is 43.8 Å². The molecule has 0 aliphatic carbocycles. The number of carbonyl (C=O) groups excluding carboxylic acids is 1. The molecule has 0 spiro atoms. The molecule has 0 bridgehead atoms. The molecule has 0 radical (unpaired) electrons. The number of aliphatic hydroxyl groups is 1. The maximum atomic E-state index is 13.6. The molecule has 1 aliphatic rings. The molecule has 2 amide bonds. The van der Waals surface area contributed by atoms with Gasteiger partial charge in [0.25, 0.3) is 0 Å². The zero-order valence-corrected chi connectivity index (χ0v) is 18.5. The quantitative estimate of drug-likeness (QED) is 0.458. The zero-order chi connectivity index (χ0) is 20.8. The Kier molecular flexibility index (Phi) is 5.34. The van der Waals surface area contributed by atoms with E-state index in [1.54, 1.807) is 53.4 Å². The Bertz CT molecular complexity index is 1060. The highest BCUT2D eigenvalue weighted by Gasteiger charge is 2.56. The van der Waals surface area contributed by atoms with Crippen molar-refractivity contribution in [2.24, 2.45) is 0 Å². The minimum atomic E-state index is -1.60. The van der Waals surface area contributed by atoms with Crippen LogP contribution in [0.3, 0.4) is 0 Å². The molecular weight excluding hydrogens is 475 g/mol. The first-order valence-corrected chi connectivity index (χ1v) is 10.5. The highest BCUT2D eigenvalue weighted by molar-refractivity contribution is 9.10. The van der Waals surface area contributed by atoms with E-state index >= 15 is 0 Å². The molecule has 148 valence electrons. The Morgan fingerprint density at radius 3 is 2.03 bits per heavy atom. The second-order valence-corrected chi connectivity index (χ2v) is 8.64. The lowest BCUT2D eigenvalue weighted by Crippen LogP contribution is -2.48. The van der Waals surface area contributed by atoms with Crippen molar-refractivity contribution < 1.29 is 9.90 Å². The predicted octanol–water partition coefficient (Wildman–Crippen LogP) is 6.44. The fraction of sp³-hybridized carbons (Fsp3) is 0.136. The van der Waals surface area contributed by atoms with Gasteiger partial charge in [0, 0.05) is 31.5 Å². The average molecular weight is 492 g/mol.